The number of aliphatic hydroxyl groups is 1. The van der Waals surface area contributed by atoms with Gasteiger partial charge in [0.05, 0.1) is 39.0 Å². The number of allylic oxidation sites excluding steroid dienone is 1. The molecule has 1 unspecified atom stereocenters. The van der Waals surface area contributed by atoms with Gasteiger partial charge in [0, 0.05) is 0 Å². The van der Waals surface area contributed by atoms with Crippen LogP contribution in [-0.2, 0) is 18.9 Å². The first-order chi connectivity index (χ1) is 7.85. The van der Waals surface area contributed by atoms with Crippen LogP contribution in [-0.4, -0.2) is 44.4 Å². The summed E-state index contributed by atoms with van der Waals surface area (Å²) in [5.74, 6) is 0. The number of rotatable bonds is 11. The van der Waals surface area contributed by atoms with Crippen molar-refractivity contribution in [3.63, 3.8) is 0 Å². The van der Waals surface area contributed by atoms with Crippen molar-refractivity contribution >= 4 is 0 Å². The smallest absolute Gasteiger partial charge is 0.262 e. The molecule has 0 rings (SSSR count). The molecule has 5 heteroatoms. The highest BCUT2D eigenvalue weighted by Gasteiger charge is 2.06. The molecule has 5 nitrogen and oxygen atoms in total. The summed E-state index contributed by atoms with van der Waals surface area (Å²) < 4.78 is 20.5. The molecule has 0 amide bonds. The fourth-order valence-electron chi connectivity index (χ4n) is 0.848. The van der Waals surface area contributed by atoms with E-state index in [0.717, 1.165) is 0 Å². The first-order valence-electron chi connectivity index (χ1n) is 5.14. The molecule has 0 spiro atoms. The highest BCUT2D eigenvalue weighted by molar-refractivity contribution is 4.67. The molecule has 1 atom stereocenters. The van der Waals surface area contributed by atoms with Gasteiger partial charge in [0.25, 0.3) is 6.29 Å². The van der Waals surface area contributed by atoms with Gasteiger partial charge < -0.3 is 24.1 Å². The van der Waals surface area contributed by atoms with E-state index in [4.69, 9.17) is 24.1 Å². The molecule has 94 valence electrons. The average molecular weight is 232 g/mol. The van der Waals surface area contributed by atoms with Crippen molar-refractivity contribution in [1.29, 1.82) is 0 Å². The summed E-state index contributed by atoms with van der Waals surface area (Å²) in [4.78, 5) is 0. The molecule has 0 aromatic heterocycles. The van der Waals surface area contributed by atoms with E-state index >= 15 is 0 Å². The second kappa shape index (κ2) is 12.0. The van der Waals surface area contributed by atoms with Crippen LogP contribution in [0.2, 0.25) is 0 Å². The summed E-state index contributed by atoms with van der Waals surface area (Å²) in [5, 5.41) is 8.45. The van der Waals surface area contributed by atoms with Crippen molar-refractivity contribution in [2.45, 2.75) is 13.2 Å². The summed E-state index contributed by atoms with van der Waals surface area (Å²) in [6.45, 7) is 6.78. The molecule has 1 N–H and O–H groups in total. The van der Waals surface area contributed by atoms with E-state index in [9.17, 15) is 0 Å². The molecule has 0 heterocycles. The Bertz CT molecular complexity index is 181. The van der Waals surface area contributed by atoms with Crippen LogP contribution in [0.5, 0.6) is 0 Å². The van der Waals surface area contributed by atoms with Crippen molar-refractivity contribution in [2.24, 2.45) is 0 Å². The lowest BCUT2D eigenvalue weighted by atomic mass is 10.6. The first-order valence-corrected chi connectivity index (χ1v) is 5.14. The number of hydrogen-bond donors (Lipinski definition) is 1. The lowest BCUT2D eigenvalue weighted by Gasteiger charge is -2.15. The first kappa shape index (κ1) is 15.0. The maximum atomic E-state index is 8.45. The largest absolute Gasteiger partial charge is 0.461 e. The summed E-state index contributed by atoms with van der Waals surface area (Å²) in [6, 6.07) is 0. The van der Waals surface area contributed by atoms with Crippen LogP contribution in [0.4, 0.5) is 0 Å². The maximum Gasteiger partial charge on any atom is 0.262 e. The van der Waals surface area contributed by atoms with Crippen LogP contribution >= 0.6 is 0 Å². The van der Waals surface area contributed by atoms with E-state index in [-0.39, 0.29) is 6.61 Å². The highest BCUT2D eigenvalue weighted by Crippen LogP contribution is 1.97. The molecule has 0 aliphatic heterocycles. The highest BCUT2D eigenvalue weighted by atomic mass is 16.7. The minimum absolute atomic E-state index is 0.0204. The minimum Gasteiger partial charge on any atom is -0.461 e. The number of aliphatic hydroxyl groups excluding tert-OH is 1. The lowest BCUT2D eigenvalue weighted by molar-refractivity contribution is -0.113. The van der Waals surface area contributed by atoms with Gasteiger partial charge in [-0.15, -0.1) is 0 Å². The Kier molecular flexibility index (Phi) is 11.2. The molecule has 0 aliphatic carbocycles. The van der Waals surface area contributed by atoms with Gasteiger partial charge in [-0.3, -0.25) is 0 Å². The van der Waals surface area contributed by atoms with Gasteiger partial charge >= 0.3 is 0 Å². The van der Waals surface area contributed by atoms with Crippen LogP contribution in [0.15, 0.2) is 25.2 Å². The fraction of sp³-hybridized carbons (Fsp3) is 0.636. The van der Waals surface area contributed by atoms with Gasteiger partial charge in [-0.05, 0) is 6.92 Å². The lowest BCUT2D eigenvalue weighted by Crippen LogP contribution is -2.21. The van der Waals surface area contributed by atoms with E-state index in [1.165, 1.54) is 12.5 Å². The Morgan fingerprint density at radius 2 is 1.94 bits per heavy atom. The molecule has 0 aromatic rings. The summed E-state index contributed by atoms with van der Waals surface area (Å²) >= 11 is 0. The molecule has 0 saturated heterocycles. The Morgan fingerprint density at radius 1 is 1.19 bits per heavy atom. The zero-order chi connectivity index (χ0) is 12.1. The SMILES string of the molecule is C=COC(COCCOCCO)OC=CC. The van der Waals surface area contributed by atoms with Crippen molar-refractivity contribution in [3.05, 3.63) is 25.2 Å². The zero-order valence-corrected chi connectivity index (χ0v) is 9.63. The Balaban J connectivity index is 3.47. The molecule has 0 fully saturated rings. The quantitative estimate of drug-likeness (QED) is 0.328. The van der Waals surface area contributed by atoms with E-state index < -0.39 is 6.29 Å². The zero-order valence-electron chi connectivity index (χ0n) is 9.63. The predicted molar refractivity (Wildman–Crippen MR) is 59.7 cm³/mol. The summed E-state index contributed by atoms with van der Waals surface area (Å²) in [6.07, 6.45) is 4.09. The minimum atomic E-state index is -0.494. The molecular weight excluding hydrogens is 212 g/mol. The monoisotopic (exact) mass is 232 g/mol. The normalized spacial score (nSPS) is 12.6. The maximum absolute atomic E-state index is 8.45. The Hall–Kier alpha value is -1.04. The van der Waals surface area contributed by atoms with Gasteiger partial charge in [-0.1, -0.05) is 12.7 Å². The van der Waals surface area contributed by atoms with Crippen LogP contribution in [0, 0.1) is 0 Å². The van der Waals surface area contributed by atoms with E-state index in [0.29, 0.717) is 26.4 Å². The van der Waals surface area contributed by atoms with Gasteiger partial charge in [0.1, 0.15) is 6.61 Å². The molecular formula is C11H20O5. The summed E-state index contributed by atoms with van der Waals surface area (Å²) in [7, 11) is 0. The van der Waals surface area contributed by atoms with Gasteiger partial charge in [0.2, 0.25) is 0 Å². The fourth-order valence-corrected chi connectivity index (χ4v) is 0.848. The van der Waals surface area contributed by atoms with Crippen molar-refractivity contribution in [1.82, 2.24) is 0 Å². The third-order valence-electron chi connectivity index (χ3n) is 1.48. The van der Waals surface area contributed by atoms with E-state index in [1.54, 1.807) is 6.08 Å². The van der Waals surface area contributed by atoms with Gasteiger partial charge in [0.15, 0.2) is 0 Å². The Labute approximate surface area is 96.3 Å². The number of hydrogen-bond acceptors (Lipinski definition) is 5. The summed E-state index contributed by atoms with van der Waals surface area (Å²) in [5.41, 5.74) is 0. The Morgan fingerprint density at radius 3 is 2.56 bits per heavy atom. The van der Waals surface area contributed by atoms with Crippen LogP contribution in [0.3, 0.4) is 0 Å². The van der Waals surface area contributed by atoms with E-state index in [1.807, 2.05) is 6.92 Å². The van der Waals surface area contributed by atoms with Gasteiger partial charge in [-0.2, -0.15) is 0 Å². The topological polar surface area (TPSA) is 57.2 Å². The third-order valence-corrected chi connectivity index (χ3v) is 1.48. The standard InChI is InChI=1S/C11H20O5/c1-3-6-16-11(15-4-2)10-14-9-8-13-7-5-12/h3-4,6,11-12H,2,5,7-10H2,1H3. The molecule has 0 bridgehead atoms. The van der Waals surface area contributed by atoms with Crippen molar-refractivity contribution in [2.75, 3.05) is 33.0 Å². The second-order valence-electron chi connectivity index (χ2n) is 2.75. The van der Waals surface area contributed by atoms with Gasteiger partial charge in [-0.25, -0.2) is 0 Å². The van der Waals surface area contributed by atoms with Crippen molar-refractivity contribution < 1.29 is 24.1 Å². The van der Waals surface area contributed by atoms with Crippen LogP contribution in [0.25, 0.3) is 0 Å². The molecule has 0 saturated carbocycles. The molecule has 16 heavy (non-hydrogen) atoms. The molecule has 0 aliphatic rings. The van der Waals surface area contributed by atoms with Crippen LogP contribution < -0.4 is 0 Å². The average Bonchev–Trinajstić information content (AvgIpc) is 2.30. The number of ether oxygens (including phenoxy) is 4. The molecule has 0 aromatic carbocycles. The second-order valence-corrected chi connectivity index (χ2v) is 2.75. The molecule has 0 radical (unpaired) electrons. The predicted octanol–water partition coefficient (Wildman–Crippen LogP) is 1.05. The van der Waals surface area contributed by atoms with E-state index in [2.05, 4.69) is 6.58 Å². The van der Waals surface area contributed by atoms with Crippen LogP contribution in [0.1, 0.15) is 6.92 Å². The third kappa shape index (κ3) is 9.51. The van der Waals surface area contributed by atoms with Crippen molar-refractivity contribution in [3.8, 4) is 0 Å².